The molecule has 2 N–H and O–H groups in total. The van der Waals surface area contributed by atoms with Crippen LogP contribution in [0.4, 0.5) is 5.69 Å². The van der Waals surface area contributed by atoms with E-state index in [9.17, 15) is 8.42 Å². The molecular formula is C14H22N2O4S. The molecule has 2 rings (SSSR count). The van der Waals surface area contributed by atoms with E-state index in [0.717, 1.165) is 12.8 Å². The molecule has 1 heterocycles. The van der Waals surface area contributed by atoms with Crippen LogP contribution < -0.4 is 15.2 Å². The summed E-state index contributed by atoms with van der Waals surface area (Å²) in [6.45, 7) is 1.57. The van der Waals surface area contributed by atoms with Crippen molar-refractivity contribution in [3.63, 3.8) is 0 Å². The quantitative estimate of drug-likeness (QED) is 0.829. The zero-order valence-electron chi connectivity index (χ0n) is 12.4. The fraction of sp³-hybridized carbons (Fsp3) is 0.571. The van der Waals surface area contributed by atoms with Crippen LogP contribution in [-0.4, -0.2) is 45.8 Å². The highest BCUT2D eigenvalue weighted by Gasteiger charge is 2.26. The van der Waals surface area contributed by atoms with Gasteiger partial charge in [0.25, 0.3) is 0 Å². The molecule has 0 aromatic heterocycles. The average Bonchev–Trinajstić information content (AvgIpc) is 2.45. The second kappa shape index (κ2) is 6.53. The Morgan fingerprint density at radius 2 is 2.19 bits per heavy atom. The molecule has 1 aliphatic heterocycles. The highest BCUT2D eigenvalue weighted by Crippen LogP contribution is 2.27. The molecule has 0 aliphatic carbocycles. The number of nitrogens with zero attached hydrogens (tertiary/aromatic N) is 1. The number of ether oxygens (including phenoxy) is 2. The standard InChI is InChI=1S/C14H22N2O4S/c1-19-12-5-6-14(13(15)8-12)20-10-11-4-3-7-16(9-11)21(2,17)18/h5-6,8,11H,3-4,7,9-10,15H2,1-2H3. The Hall–Kier alpha value is -1.47. The smallest absolute Gasteiger partial charge is 0.211 e. The summed E-state index contributed by atoms with van der Waals surface area (Å²) < 4.78 is 35.5. The van der Waals surface area contributed by atoms with Gasteiger partial charge in [0, 0.05) is 25.1 Å². The van der Waals surface area contributed by atoms with E-state index in [1.165, 1.54) is 10.6 Å². The van der Waals surface area contributed by atoms with Crippen molar-refractivity contribution in [2.75, 3.05) is 38.8 Å². The Labute approximate surface area is 125 Å². The van der Waals surface area contributed by atoms with Crippen molar-refractivity contribution in [3.05, 3.63) is 18.2 Å². The maximum absolute atomic E-state index is 11.6. The van der Waals surface area contributed by atoms with Gasteiger partial charge in [-0.05, 0) is 25.0 Å². The third kappa shape index (κ3) is 4.25. The normalized spacial score (nSPS) is 20.2. The van der Waals surface area contributed by atoms with Crippen LogP contribution >= 0.6 is 0 Å². The highest BCUT2D eigenvalue weighted by atomic mass is 32.2. The third-order valence-electron chi connectivity index (χ3n) is 3.64. The van der Waals surface area contributed by atoms with E-state index in [4.69, 9.17) is 15.2 Å². The number of sulfonamides is 1. The minimum Gasteiger partial charge on any atom is -0.497 e. The fourth-order valence-corrected chi connectivity index (χ4v) is 3.40. The minimum atomic E-state index is -3.12. The maximum atomic E-state index is 11.6. The van der Waals surface area contributed by atoms with Gasteiger partial charge in [0.1, 0.15) is 11.5 Å². The lowest BCUT2D eigenvalue weighted by atomic mass is 10.0. The van der Waals surface area contributed by atoms with Gasteiger partial charge in [0.05, 0.1) is 25.7 Å². The topological polar surface area (TPSA) is 81.9 Å². The van der Waals surface area contributed by atoms with Crippen LogP contribution in [0.25, 0.3) is 0 Å². The molecule has 0 bridgehead atoms. The Bertz CT molecular complexity index is 589. The van der Waals surface area contributed by atoms with Gasteiger partial charge >= 0.3 is 0 Å². The lowest BCUT2D eigenvalue weighted by molar-refractivity contribution is 0.181. The van der Waals surface area contributed by atoms with Crippen molar-refractivity contribution in [2.24, 2.45) is 5.92 Å². The molecule has 1 aromatic rings. The molecule has 1 atom stereocenters. The van der Waals surface area contributed by atoms with Crippen LogP contribution in [0, 0.1) is 5.92 Å². The zero-order valence-corrected chi connectivity index (χ0v) is 13.2. The van der Waals surface area contributed by atoms with Gasteiger partial charge < -0.3 is 15.2 Å². The van der Waals surface area contributed by atoms with Crippen molar-refractivity contribution in [1.82, 2.24) is 4.31 Å². The van der Waals surface area contributed by atoms with Gasteiger partial charge in [-0.15, -0.1) is 0 Å². The Morgan fingerprint density at radius 1 is 1.43 bits per heavy atom. The number of hydrogen-bond donors (Lipinski definition) is 1. The SMILES string of the molecule is COc1ccc(OCC2CCCN(S(C)(=O)=O)C2)c(N)c1. The lowest BCUT2D eigenvalue weighted by Gasteiger charge is -2.30. The fourth-order valence-electron chi connectivity index (χ4n) is 2.46. The molecule has 0 amide bonds. The van der Waals surface area contributed by atoms with E-state index in [2.05, 4.69) is 0 Å². The average molecular weight is 314 g/mol. The molecular weight excluding hydrogens is 292 g/mol. The number of piperidine rings is 1. The Balaban J connectivity index is 1.94. The predicted molar refractivity (Wildman–Crippen MR) is 82.0 cm³/mol. The van der Waals surface area contributed by atoms with E-state index < -0.39 is 10.0 Å². The van der Waals surface area contributed by atoms with Crippen molar-refractivity contribution in [3.8, 4) is 11.5 Å². The number of nitrogens with two attached hydrogens (primary N) is 1. The van der Waals surface area contributed by atoms with Crippen molar-refractivity contribution < 1.29 is 17.9 Å². The van der Waals surface area contributed by atoms with Crippen molar-refractivity contribution in [2.45, 2.75) is 12.8 Å². The summed E-state index contributed by atoms with van der Waals surface area (Å²) in [6.07, 6.45) is 3.07. The molecule has 1 aliphatic rings. The molecule has 0 spiro atoms. The molecule has 0 saturated carbocycles. The summed E-state index contributed by atoms with van der Waals surface area (Å²) in [4.78, 5) is 0. The first-order chi connectivity index (χ1) is 9.90. The maximum Gasteiger partial charge on any atom is 0.211 e. The molecule has 1 aromatic carbocycles. The van der Waals surface area contributed by atoms with Crippen LogP contribution in [0.1, 0.15) is 12.8 Å². The first-order valence-corrected chi connectivity index (χ1v) is 8.76. The first-order valence-electron chi connectivity index (χ1n) is 6.91. The van der Waals surface area contributed by atoms with Crippen LogP contribution in [-0.2, 0) is 10.0 Å². The minimum absolute atomic E-state index is 0.190. The monoisotopic (exact) mass is 314 g/mol. The molecule has 6 nitrogen and oxygen atoms in total. The molecule has 1 fully saturated rings. The van der Waals surface area contributed by atoms with Crippen LogP contribution in [0.15, 0.2) is 18.2 Å². The Morgan fingerprint density at radius 3 is 2.81 bits per heavy atom. The van der Waals surface area contributed by atoms with Crippen molar-refractivity contribution >= 4 is 15.7 Å². The summed E-state index contributed by atoms with van der Waals surface area (Å²) in [6, 6.07) is 5.26. The van der Waals surface area contributed by atoms with E-state index in [-0.39, 0.29) is 5.92 Å². The molecule has 1 saturated heterocycles. The number of anilines is 1. The number of nitrogen functional groups attached to an aromatic ring is 1. The summed E-state index contributed by atoms with van der Waals surface area (Å²) in [7, 11) is -1.54. The highest BCUT2D eigenvalue weighted by molar-refractivity contribution is 7.88. The summed E-state index contributed by atoms with van der Waals surface area (Å²) in [5.74, 6) is 1.48. The molecule has 7 heteroatoms. The number of benzene rings is 1. The van der Waals surface area contributed by atoms with Gasteiger partial charge in [0.2, 0.25) is 10.0 Å². The van der Waals surface area contributed by atoms with Gasteiger partial charge in [-0.1, -0.05) is 0 Å². The summed E-state index contributed by atoms with van der Waals surface area (Å²) in [5.41, 5.74) is 6.42. The van der Waals surface area contributed by atoms with Crippen molar-refractivity contribution in [1.29, 1.82) is 0 Å². The summed E-state index contributed by atoms with van der Waals surface area (Å²) >= 11 is 0. The van der Waals surface area contributed by atoms with E-state index >= 15 is 0 Å². The Kier molecular flexibility index (Phi) is 4.95. The molecule has 1 unspecified atom stereocenters. The van der Waals surface area contributed by atoms with Crippen LogP contribution in [0.5, 0.6) is 11.5 Å². The number of rotatable bonds is 5. The summed E-state index contributed by atoms with van der Waals surface area (Å²) in [5, 5.41) is 0. The van der Waals surface area contributed by atoms with E-state index in [1.54, 1.807) is 25.3 Å². The zero-order chi connectivity index (χ0) is 15.5. The van der Waals surface area contributed by atoms with Crippen LogP contribution in [0.2, 0.25) is 0 Å². The largest absolute Gasteiger partial charge is 0.497 e. The molecule has 21 heavy (non-hydrogen) atoms. The van der Waals surface area contributed by atoms with Crippen LogP contribution in [0.3, 0.4) is 0 Å². The van der Waals surface area contributed by atoms with Gasteiger partial charge in [-0.25, -0.2) is 12.7 Å². The number of methoxy groups -OCH3 is 1. The third-order valence-corrected chi connectivity index (χ3v) is 4.91. The number of hydrogen-bond acceptors (Lipinski definition) is 5. The second-order valence-electron chi connectivity index (χ2n) is 5.34. The van der Waals surface area contributed by atoms with E-state index in [0.29, 0.717) is 36.9 Å². The molecule has 118 valence electrons. The predicted octanol–water partition coefficient (Wildman–Crippen LogP) is 1.33. The van der Waals surface area contributed by atoms with Gasteiger partial charge in [0.15, 0.2) is 0 Å². The van der Waals surface area contributed by atoms with Gasteiger partial charge in [-0.2, -0.15) is 0 Å². The first kappa shape index (κ1) is 15.9. The van der Waals surface area contributed by atoms with Gasteiger partial charge in [-0.3, -0.25) is 0 Å². The molecule has 0 radical (unpaired) electrons. The lowest BCUT2D eigenvalue weighted by Crippen LogP contribution is -2.40. The second-order valence-corrected chi connectivity index (χ2v) is 7.33. The van der Waals surface area contributed by atoms with E-state index in [1.807, 2.05) is 0 Å².